The molecule has 2 rings (SSSR count). The Morgan fingerprint density at radius 2 is 1.33 bits per heavy atom. The number of likely N-dealkylation sites (N-methyl/N-ethyl adjacent to an activating group) is 1. The van der Waals surface area contributed by atoms with Crippen LogP contribution in [-0.2, 0) is 0 Å². The van der Waals surface area contributed by atoms with Gasteiger partial charge in [0.05, 0.1) is 6.61 Å². The van der Waals surface area contributed by atoms with E-state index in [1.54, 1.807) is 0 Å². The highest BCUT2D eigenvalue weighted by molar-refractivity contribution is 7.70. The van der Waals surface area contributed by atoms with Gasteiger partial charge in [0.25, 0.3) is 0 Å². The molecule has 0 unspecified atom stereocenters. The van der Waals surface area contributed by atoms with Gasteiger partial charge in [0.1, 0.15) is 0 Å². The molecule has 2 nitrogen and oxygen atoms in total. The Kier molecular flexibility index (Phi) is 4.89. The van der Waals surface area contributed by atoms with E-state index in [9.17, 15) is 0 Å². The van der Waals surface area contributed by atoms with E-state index < -0.39 is 8.07 Å². The Bertz CT molecular complexity index is 421. The molecule has 0 aliphatic heterocycles. The van der Waals surface area contributed by atoms with E-state index in [1.807, 2.05) is 12.1 Å². The Hall–Kier alpha value is -1.21. The molecule has 0 atom stereocenters. The van der Waals surface area contributed by atoms with E-state index in [1.165, 1.54) is 10.6 Å². The summed E-state index contributed by atoms with van der Waals surface area (Å²) >= 11 is 0. The largest absolute Gasteiger partial charge is 0.395 e. The van der Waals surface area contributed by atoms with Crippen LogP contribution in [0.25, 0.3) is 0 Å². The first kappa shape index (κ1) is 13.2. The molecule has 0 amide bonds. The molecule has 18 heavy (non-hydrogen) atoms. The standard InChI is InChI=1S/C15H18NOP/c1-16(12-13-17)18(14-8-4-2-5-9-14)15-10-6-3-7-11-15/h2-11,17H,12-13H2,1H3. The zero-order chi connectivity index (χ0) is 12.8. The lowest BCUT2D eigenvalue weighted by atomic mass is 10.4. The molecule has 0 radical (unpaired) electrons. The summed E-state index contributed by atoms with van der Waals surface area (Å²) in [7, 11) is 1.53. The molecular formula is C15H18NOP. The molecular weight excluding hydrogens is 241 g/mol. The zero-order valence-corrected chi connectivity index (χ0v) is 11.4. The normalized spacial score (nSPS) is 11.1. The van der Waals surface area contributed by atoms with E-state index in [4.69, 9.17) is 5.11 Å². The van der Waals surface area contributed by atoms with Crippen molar-refractivity contribution in [3.8, 4) is 0 Å². The maximum Gasteiger partial charge on any atom is 0.0561 e. The Morgan fingerprint density at radius 1 is 0.889 bits per heavy atom. The maximum atomic E-state index is 9.15. The minimum Gasteiger partial charge on any atom is -0.395 e. The summed E-state index contributed by atoms with van der Waals surface area (Å²) in [6.45, 7) is 0.879. The lowest BCUT2D eigenvalue weighted by Gasteiger charge is -2.28. The number of hydrogen-bond donors (Lipinski definition) is 1. The summed E-state index contributed by atoms with van der Waals surface area (Å²) in [6.07, 6.45) is 0. The smallest absolute Gasteiger partial charge is 0.0561 e. The third kappa shape index (κ3) is 3.17. The van der Waals surface area contributed by atoms with Crippen LogP contribution in [0.3, 0.4) is 0 Å². The Balaban J connectivity index is 2.35. The van der Waals surface area contributed by atoms with Gasteiger partial charge in [-0.2, -0.15) is 0 Å². The first-order valence-electron chi connectivity index (χ1n) is 6.05. The topological polar surface area (TPSA) is 23.5 Å². The summed E-state index contributed by atoms with van der Waals surface area (Å²) in [4.78, 5) is 0. The van der Waals surface area contributed by atoms with Crippen molar-refractivity contribution in [1.29, 1.82) is 0 Å². The molecule has 0 spiro atoms. The van der Waals surface area contributed by atoms with Crippen LogP contribution in [-0.4, -0.2) is 30.0 Å². The van der Waals surface area contributed by atoms with Crippen molar-refractivity contribution in [3.05, 3.63) is 60.7 Å². The minimum atomic E-state index is -0.545. The van der Waals surface area contributed by atoms with Gasteiger partial charge in [0.15, 0.2) is 0 Å². The van der Waals surface area contributed by atoms with Gasteiger partial charge in [-0.25, -0.2) is 0 Å². The molecule has 0 heterocycles. The van der Waals surface area contributed by atoms with E-state index >= 15 is 0 Å². The van der Waals surface area contributed by atoms with E-state index in [0.717, 1.165) is 0 Å². The third-order valence-electron chi connectivity index (χ3n) is 2.77. The summed E-state index contributed by atoms with van der Waals surface area (Å²) in [6, 6.07) is 21.0. The predicted octanol–water partition coefficient (Wildman–Crippen LogP) is 1.96. The van der Waals surface area contributed by atoms with Crippen molar-refractivity contribution in [2.75, 3.05) is 20.2 Å². The molecule has 0 bridgehead atoms. The van der Waals surface area contributed by atoms with Crippen LogP contribution in [0.4, 0.5) is 0 Å². The highest BCUT2D eigenvalue weighted by Gasteiger charge is 2.18. The molecule has 94 valence electrons. The van der Waals surface area contributed by atoms with E-state index in [-0.39, 0.29) is 6.61 Å². The van der Waals surface area contributed by atoms with Crippen LogP contribution >= 0.6 is 8.07 Å². The molecule has 0 fully saturated rings. The van der Waals surface area contributed by atoms with Crippen molar-refractivity contribution >= 4 is 18.7 Å². The number of nitrogens with zero attached hydrogens (tertiary/aromatic N) is 1. The Morgan fingerprint density at radius 3 is 1.72 bits per heavy atom. The number of rotatable bonds is 5. The van der Waals surface area contributed by atoms with Crippen LogP contribution in [0, 0.1) is 0 Å². The highest BCUT2D eigenvalue weighted by atomic mass is 31.1. The van der Waals surface area contributed by atoms with Crippen molar-refractivity contribution in [2.24, 2.45) is 0 Å². The third-order valence-corrected chi connectivity index (χ3v) is 5.22. The lowest BCUT2D eigenvalue weighted by molar-refractivity contribution is 0.271. The maximum absolute atomic E-state index is 9.15. The quantitative estimate of drug-likeness (QED) is 0.830. The second kappa shape index (κ2) is 6.65. The number of benzene rings is 2. The van der Waals surface area contributed by atoms with Gasteiger partial charge in [-0.15, -0.1) is 0 Å². The average Bonchev–Trinajstić information content (AvgIpc) is 2.42. The summed E-state index contributed by atoms with van der Waals surface area (Å²) in [5.74, 6) is 0. The molecule has 2 aromatic carbocycles. The monoisotopic (exact) mass is 259 g/mol. The van der Waals surface area contributed by atoms with Crippen LogP contribution in [0.2, 0.25) is 0 Å². The molecule has 3 heteroatoms. The second-order valence-electron chi connectivity index (χ2n) is 4.09. The fourth-order valence-corrected chi connectivity index (χ4v) is 4.21. The number of hydrogen-bond acceptors (Lipinski definition) is 2. The lowest BCUT2D eigenvalue weighted by Crippen LogP contribution is -2.27. The average molecular weight is 259 g/mol. The van der Waals surface area contributed by atoms with Gasteiger partial charge in [-0.1, -0.05) is 60.7 Å². The Labute approximate surface area is 110 Å². The SMILES string of the molecule is CN(CCO)P(c1ccccc1)c1ccccc1. The zero-order valence-electron chi connectivity index (χ0n) is 10.5. The molecule has 0 saturated carbocycles. The second-order valence-corrected chi connectivity index (χ2v) is 6.43. The molecule has 1 N–H and O–H groups in total. The number of aliphatic hydroxyl groups excluding tert-OH is 1. The van der Waals surface area contributed by atoms with Gasteiger partial charge in [0, 0.05) is 14.6 Å². The van der Waals surface area contributed by atoms with Crippen LogP contribution in [0.1, 0.15) is 0 Å². The molecule has 0 aliphatic rings. The van der Waals surface area contributed by atoms with Crippen LogP contribution in [0.15, 0.2) is 60.7 Å². The van der Waals surface area contributed by atoms with Crippen molar-refractivity contribution in [2.45, 2.75) is 0 Å². The molecule has 0 aromatic heterocycles. The van der Waals surface area contributed by atoms with Crippen molar-refractivity contribution in [3.63, 3.8) is 0 Å². The van der Waals surface area contributed by atoms with Gasteiger partial charge in [-0.3, -0.25) is 4.67 Å². The fraction of sp³-hybridized carbons (Fsp3) is 0.200. The van der Waals surface area contributed by atoms with Gasteiger partial charge >= 0.3 is 0 Å². The van der Waals surface area contributed by atoms with Crippen LogP contribution < -0.4 is 10.6 Å². The summed E-state index contributed by atoms with van der Waals surface area (Å²) in [5, 5.41) is 11.8. The van der Waals surface area contributed by atoms with Gasteiger partial charge < -0.3 is 5.11 Å². The first-order valence-corrected chi connectivity index (χ1v) is 7.34. The molecule has 2 aromatic rings. The fourth-order valence-electron chi connectivity index (χ4n) is 1.93. The van der Waals surface area contributed by atoms with E-state index in [2.05, 4.69) is 60.2 Å². The van der Waals surface area contributed by atoms with Crippen molar-refractivity contribution in [1.82, 2.24) is 4.67 Å². The molecule has 0 aliphatic carbocycles. The van der Waals surface area contributed by atoms with Gasteiger partial charge in [0.2, 0.25) is 0 Å². The summed E-state index contributed by atoms with van der Waals surface area (Å²) < 4.78 is 2.24. The molecule has 0 saturated heterocycles. The minimum absolute atomic E-state index is 0.189. The summed E-state index contributed by atoms with van der Waals surface area (Å²) in [5.41, 5.74) is 0. The highest BCUT2D eigenvalue weighted by Crippen LogP contribution is 2.36. The van der Waals surface area contributed by atoms with Crippen molar-refractivity contribution < 1.29 is 5.11 Å². The number of aliphatic hydroxyl groups is 1. The first-order chi connectivity index (χ1) is 8.83. The van der Waals surface area contributed by atoms with Gasteiger partial charge in [-0.05, 0) is 17.7 Å². The van der Waals surface area contributed by atoms with Crippen LogP contribution in [0.5, 0.6) is 0 Å². The van der Waals surface area contributed by atoms with E-state index in [0.29, 0.717) is 6.54 Å². The predicted molar refractivity (Wildman–Crippen MR) is 78.8 cm³/mol.